The predicted octanol–water partition coefficient (Wildman–Crippen LogP) is 12.8. The Morgan fingerprint density at radius 2 is 0.808 bits per heavy atom. The van der Waals surface area contributed by atoms with Crippen molar-refractivity contribution >= 4 is 70.4 Å². The number of thioether (sulfide) groups is 2. The van der Waals surface area contributed by atoms with Gasteiger partial charge in [0.25, 0.3) is 0 Å². The number of unbranched alkanes of at least 4 members (excludes halogenated alkanes) is 7. The molecule has 0 unspecified atom stereocenters. The van der Waals surface area contributed by atoms with Crippen molar-refractivity contribution in [3.63, 3.8) is 0 Å². The van der Waals surface area contributed by atoms with E-state index >= 15 is 0 Å². The minimum absolute atomic E-state index is 0.0484. The summed E-state index contributed by atoms with van der Waals surface area (Å²) in [5, 5.41) is 1.24. The smallest absolute Gasteiger partial charge is 0.185 e. The molecule has 0 aromatic heterocycles. The molecular formula is C44H48Cl2O4S2. The second-order valence-electron chi connectivity index (χ2n) is 12.3. The van der Waals surface area contributed by atoms with Gasteiger partial charge in [-0.25, -0.2) is 0 Å². The standard InChI is InChI=1S/C44H48Cl2O4S2/c45-39-19-15-37(16-20-39)43(47)27-13-35-9-23-41(24-10-35)49-29-33-51-31-7-5-3-1-2-4-6-8-32-52-34-30-50-42-25-11-36(12-26-42)14-28-44(48)38-17-21-40(46)22-18-38/h9-28H,1-8,29-34H2/b27-13-,28-14-. The number of ether oxygens (including phenoxy) is 2. The van der Waals surface area contributed by atoms with Gasteiger partial charge in [-0.05, 0) is 120 Å². The van der Waals surface area contributed by atoms with Crippen molar-refractivity contribution in [1.82, 2.24) is 0 Å². The maximum Gasteiger partial charge on any atom is 0.185 e. The summed E-state index contributed by atoms with van der Waals surface area (Å²) in [5.74, 6) is 5.96. The van der Waals surface area contributed by atoms with Crippen molar-refractivity contribution in [2.75, 3.05) is 36.2 Å². The van der Waals surface area contributed by atoms with Gasteiger partial charge in [0, 0.05) is 32.7 Å². The van der Waals surface area contributed by atoms with E-state index in [0.717, 1.165) is 34.1 Å². The molecule has 0 N–H and O–H groups in total. The molecule has 4 aromatic carbocycles. The number of benzene rings is 4. The van der Waals surface area contributed by atoms with Crippen molar-refractivity contribution in [3.8, 4) is 11.5 Å². The summed E-state index contributed by atoms with van der Waals surface area (Å²) in [5.41, 5.74) is 3.15. The first-order valence-electron chi connectivity index (χ1n) is 18.0. The molecule has 4 rings (SSSR count). The molecule has 0 aliphatic rings. The minimum atomic E-state index is -0.0484. The van der Waals surface area contributed by atoms with Gasteiger partial charge in [-0.3, -0.25) is 9.59 Å². The van der Waals surface area contributed by atoms with E-state index in [1.807, 2.05) is 84.2 Å². The number of carbonyl (C=O) groups is 2. The lowest BCUT2D eigenvalue weighted by Gasteiger charge is -2.07. The van der Waals surface area contributed by atoms with Crippen LogP contribution in [0.15, 0.2) is 109 Å². The Bertz CT molecular complexity index is 1540. The molecule has 4 nitrogen and oxygen atoms in total. The van der Waals surface area contributed by atoms with Crippen LogP contribution in [-0.2, 0) is 0 Å². The summed E-state index contributed by atoms with van der Waals surface area (Å²) in [6.07, 6.45) is 17.3. The maximum absolute atomic E-state index is 12.3. The lowest BCUT2D eigenvalue weighted by Crippen LogP contribution is -2.00. The summed E-state index contributed by atoms with van der Waals surface area (Å²) in [6, 6.07) is 29.5. The Balaban J connectivity index is 0.896. The second-order valence-corrected chi connectivity index (χ2v) is 15.6. The van der Waals surface area contributed by atoms with E-state index in [1.54, 1.807) is 60.7 Å². The second kappa shape index (κ2) is 24.8. The van der Waals surface area contributed by atoms with Crippen LogP contribution >= 0.6 is 46.7 Å². The fourth-order valence-corrected chi connectivity index (χ4v) is 7.10. The minimum Gasteiger partial charge on any atom is -0.493 e. The molecule has 0 aliphatic carbocycles. The van der Waals surface area contributed by atoms with Crippen LogP contribution < -0.4 is 9.47 Å². The van der Waals surface area contributed by atoms with Gasteiger partial charge in [0.2, 0.25) is 0 Å². The van der Waals surface area contributed by atoms with Gasteiger partial charge in [-0.2, -0.15) is 23.5 Å². The molecule has 0 saturated carbocycles. The third-order valence-electron chi connectivity index (χ3n) is 8.19. The van der Waals surface area contributed by atoms with Gasteiger partial charge < -0.3 is 9.47 Å². The van der Waals surface area contributed by atoms with Crippen LogP contribution in [0, 0.1) is 0 Å². The molecule has 0 aliphatic heterocycles. The van der Waals surface area contributed by atoms with Crippen LogP contribution in [0.5, 0.6) is 11.5 Å². The van der Waals surface area contributed by atoms with Gasteiger partial charge in [-0.15, -0.1) is 0 Å². The van der Waals surface area contributed by atoms with Crippen molar-refractivity contribution in [1.29, 1.82) is 0 Å². The number of hydrogen-bond donors (Lipinski definition) is 0. The first-order chi connectivity index (χ1) is 25.5. The van der Waals surface area contributed by atoms with E-state index in [4.69, 9.17) is 32.7 Å². The molecule has 0 atom stereocenters. The molecule has 0 bridgehead atoms. The Morgan fingerprint density at radius 3 is 1.17 bits per heavy atom. The number of allylic oxidation sites excluding steroid dienone is 2. The van der Waals surface area contributed by atoms with Gasteiger partial charge in [0.15, 0.2) is 11.6 Å². The molecular weight excluding hydrogens is 728 g/mol. The Hall–Kier alpha value is -3.42. The van der Waals surface area contributed by atoms with E-state index < -0.39 is 0 Å². The zero-order chi connectivity index (χ0) is 36.6. The van der Waals surface area contributed by atoms with Crippen molar-refractivity contribution in [2.45, 2.75) is 51.4 Å². The fourth-order valence-electron chi connectivity index (χ4n) is 5.22. The van der Waals surface area contributed by atoms with Crippen LogP contribution in [0.1, 0.15) is 83.2 Å². The maximum atomic E-state index is 12.3. The highest BCUT2D eigenvalue weighted by Gasteiger charge is 2.03. The van der Waals surface area contributed by atoms with Crippen molar-refractivity contribution in [3.05, 3.63) is 142 Å². The zero-order valence-electron chi connectivity index (χ0n) is 29.7. The average Bonchev–Trinajstić information content (AvgIpc) is 3.17. The first kappa shape index (κ1) is 41.3. The SMILES string of the molecule is O=C(/C=C\c1ccc(OCCSCCCCCCCCCCSCCOc2ccc(/C=C\C(=O)c3ccc(Cl)cc3)cc2)cc1)c1ccc(Cl)cc1. The van der Waals surface area contributed by atoms with Gasteiger partial charge in [0.05, 0.1) is 13.2 Å². The van der Waals surface area contributed by atoms with E-state index in [1.165, 1.54) is 62.9 Å². The van der Waals surface area contributed by atoms with Gasteiger partial charge in [0.1, 0.15) is 11.5 Å². The van der Waals surface area contributed by atoms with Crippen LogP contribution in [0.4, 0.5) is 0 Å². The monoisotopic (exact) mass is 774 g/mol. The molecule has 0 radical (unpaired) electrons. The number of carbonyl (C=O) groups excluding carboxylic acids is 2. The van der Waals surface area contributed by atoms with Crippen LogP contribution in [0.25, 0.3) is 12.2 Å². The Kier molecular flexibility index (Phi) is 19.7. The first-order valence-corrected chi connectivity index (χ1v) is 21.1. The third-order valence-corrected chi connectivity index (χ3v) is 10.8. The summed E-state index contributed by atoms with van der Waals surface area (Å²) in [6.45, 7) is 1.40. The van der Waals surface area contributed by atoms with Crippen LogP contribution in [0.2, 0.25) is 10.0 Å². The molecule has 0 spiro atoms. The summed E-state index contributed by atoms with van der Waals surface area (Å²) < 4.78 is 11.8. The molecule has 0 amide bonds. The van der Waals surface area contributed by atoms with E-state index in [-0.39, 0.29) is 11.6 Å². The number of halogens is 2. The molecule has 0 saturated heterocycles. The van der Waals surface area contributed by atoms with E-state index in [9.17, 15) is 9.59 Å². The van der Waals surface area contributed by atoms with E-state index in [0.29, 0.717) is 34.4 Å². The van der Waals surface area contributed by atoms with Crippen LogP contribution in [-0.4, -0.2) is 47.8 Å². The van der Waals surface area contributed by atoms with Gasteiger partial charge >= 0.3 is 0 Å². The van der Waals surface area contributed by atoms with Gasteiger partial charge in [-0.1, -0.05) is 98.1 Å². The Labute approximate surface area is 328 Å². The number of rotatable bonds is 25. The summed E-state index contributed by atoms with van der Waals surface area (Å²) in [7, 11) is 0. The molecule has 274 valence electrons. The molecule has 0 heterocycles. The average molecular weight is 776 g/mol. The summed E-state index contributed by atoms with van der Waals surface area (Å²) in [4.78, 5) is 24.6. The fraction of sp³-hybridized carbons (Fsp3) is 0.318. The quantitative estimate of drug-likeness (QED) is 0.0380. The highest BCUT2D eigenvalue weighted by molar-refractivity contribution is 7.99. The molecule has 0 fully saturated rings. The number of ketones is 2. The highest BCUT2D eigenvalue weighted by Crippen LogP contribution is 2.18. The number of hydrogen-bond acceptors (Lipinski definition) is 6. The third kappa shape index (κ3) is 16.9. The summed E-state index contributed by atoms with van der Waals surface area (Å²) >= 11 is 15.7. The Morgan fingerprint density at radius 1 is 0.462 bits per heavy atom. The topological polar surface area (TPSA) is 52.6 Å². The molecule has 52 heavy (non-hydrogen) atoms. The lowest BCUT2D eigenvalue weighted by molar-refractivity contribution is 0.103. The van der Waals surface area contributed by atoms with Crippen LogP contribution in [0.3, 0.4) is 0 Å². The van der Waals surface area contributed by atoms with Crippen molar-refractivity contribution < 1.29 is 19.1 Å². The lowest BCUT2D eigenvalue weighted by atomic mass is 10.1. The molecule has 8 heteroatoms. The molecule has 4 aromatic rings. The van der Waals surface area contributed by atoms with Crippen molar-refractivity contribution in [2.24, 2.45) is 0 Å². The predicted molar refractivity (Wildman–Crippen MR) is 225 cm³/mol. The van der Waals surface area contributed by atoms with E-state index in [2.05, 4.69) is 0 Å². The largest absolute Gasteiger partial charge is 0.493 e. The normalized spacial score (nSPS) is 11.3. The zero-order valence-corrected chi connectivity index (χ0v) is 32.8. The highest BCUT2D eigenvalue weighted by atomic mass is 35.5.